The molecule has 1 heterocycles. The van der Waals surface area contributed by atoms with Gasteiger partial charge in [0.15, 0.2) is 0 Å². The molecule has 1 N–H and O–H groups in total. The second-order valence-electron chi connectivity index (χ2n) is 4.33. The summed E-state index contributed by atoms with van der Waals surface area (Å²) in [4.78, 5) is 13.1. The summed E-state index contributed by atoms with van der Waals surface area (Å²) in [5.41, 5.74) is 1.74. The first kappa shape index (κ1) is 14.2. The molecule has 0 radical (unpaired) electrons. The Morgan fingerprint density at radius 3 is 3.00 bits per heavy atom. The Bertz CT molecular complexity index is 545. The van der Waals surface area contributed by atoms with Gasteiger partial charge >= 0.3 is 6.09 Å². The molecule has 0 aromatic heterocycles. The van der Waals surface area contributed by atoms with Gasteiger partial charge in [-0.15, -0.1) is 0 Å². The van der Waals surface area contributed by atoms with Crippen LogP contribution in [0.1, 0.15) is 17.5 Å². The average molecular weight is 275 g/mol. The third-order valence-electron chi connectivity index (χ3n) is 2.98. The minimum Gasteiger partial charge on any atom is -0.497 e. The first-order chi connectivity index (χ1) is 9.74. The van der Waals surface area contributed by atoms with Gasteiger partial charge in [-0.25, -0.2) is 4.79 Å². The Balaban J connectivity index is 2.23. The molecular weight excluding hydrogens is 258 g/mol. The van der Waals surface area contributed by atoms with E-state index >= 15 is 0 Å². The third kappa shape index (κ3) is 3.43. The maximum Gasteiger partial charge on any atom is 0.410 e. The molecule has 1 aromatic rings. The van der Waals surface area contributed by atoms with E-state index in [0.717, 1.165) is 16.9 Å². The van der Waals surface area contributed by atoms with Crippen LogP contribution in [-0.4, -0.2) is 43.0 Å². The Kier molecular flexibility index (Phi) is 4.85. The largest absolute Gasteiger partial charge is 0.497 e. The van der Waals surface area contributed by atoms with Crippen molar-refractivity contribution in [2.24, 2.45) is 0 Å². The van der Waals surface area contributed by atoms with E-state index < -0.39 is 0 Å². The number of hydrogen-bond donors (Lipinski definition) is 1. The first-order valence-corrected chi connectivity index (χ1v) is 6.43. The van der Waals surface area contributed by atoms with Crippen LogP contribution in [0.4, 0.5) is 4.79 Å². The first-order valence-electron chi connectivity index (χ1n) is 6.43. The van der Waals surface area contributed by atoms with Crippen molar-refractivity contribution in [3.63, 3.8) is 0 Å². The second-order valence-corrected chi connectivity index (χ2v) is 4.33. The Morgan fingerprint density at radius 1 is 1.50 bits per heavy atom. The molecule has 0 unspecified atom stereocenters. The van der Waals surface area contributed by atoms with Crippen molar-refractivity contribution in [3.05, 3.63) is 29.3 Å². The lowest BCUT2D eigenvalue weighted by atomic mass is 10.1. The molecule has 0 spiro atoms. The number of nitrogens with zero attached hydrogens (tertiary/aromatic N) is 1. The van der Waals surface area contributed by atoms with Gasteiger partial charge in [0.2, 0.25) is 0 Å². The highest BCUT2D eigenvalue weighted by molar-refractivity contribution is 5.69. The highest BCUT2D eigenvalue weighted by Gasteiger charge is 2.22. The quantitative estimate of drug-likeness (QED) is 0.843. The van der Waals surface area contributed by atoms with Crippen molar-refractivity contribution in [2.45, 2.75) is 13.0 Å². The maximum absolute atomic E-state index is 11.5. The highest BCUT2D eigenvalue weighted by atomic mass is 16.6. The molecule has 20 heavy (non-hydrogen) atoms. The Labute approximate surface area is 118 Å². The minimum atomic E-state index is -0.304. The minimum absolute atomic E-state index is 0.0386. The molecule has 0 bridgehead atoms. The van der Waals surface area contributed by atoms with E-state index in [9.17, 15) is 4.79 Å². The van der Waals surface area contributed by atoms with Crippen molar-refractivity contribution in [2.75, 3.05) is 26.9 Å². The molecule has 1 aliphatic rings. The molecule has 5 heteroatoms. The summed E-state index contributed by atoms with van der Waals surface area (Å²) in [6.07, 6.45) is 0.124. The van der Waals surface area contributed by atoms with Gasteiger partial charge in [0.1, 0.15) is 12.4 Å². The molecule has 1 saturated heterocycles. The predicted molar refractivity (Wildman–Crippen MR) is 73.3 cm³/mol. The molecule has 0 aliphatic carbocycles. The van der Waals surface area contributed by atoms with Crippen LogP contribution in [0.5, 0.6) is 5.75 Å². The Hall–Kier alpha value is -2.19. The van der Waals surface area contributed by atoms with Gasteiger partial charge in [-0.3, -0.25) is 0 Å². The zero-order valence-electron chi connectivity index (χ0n) is 11.4. The number of amides is 1. The number of hydrogen-bond acceptors (Lipinski definition) is 4. The third-order valence-corrected chi connectivity index (χ3v) is 2.98. The van der Waals surface area contributed by atoms with Crippen molar-refractivity contribution in [1.82, 2.24) is 4.90 Å². The molecule has 0 saturated carbocycles. The zero-order valence-corrected chi connectivity index (χ0v) is 11.4. The van der Waals surface area contributed by atoms with E-state index in [-0.39, 0.29) is 12.7 Å². The van der Waals surface area contributed by atoms with Crippen LogP contribution in [0.25, 0.3) is 0 Å². The molecule has 5 nitrogen and oxygen atoms in total. The smallest absolute Gasteiger partial charge is 0.410 e. The SMILES string of the molecule is COc1ccc(C#CCCO)c(CN2CCOC2=O)c1. The molecule has 1 amide bonds. The molecule has 1 aromatic carbocycles. The van der Waals surface area contributed by atoms with Gasteiger partial charge in [-0.1, -0.05) is 11.8 Å². The zero-order chi connectivity index (χ0) is 14.4. The van der Waals surface area contributed by atoms with Gasteiger partial charge in [0.25, 0.3) is 0 Å². The molecule has 1 fully saturated rings. The highest BCUT2D eigenvalue weighted by Crippen LogP contribution is 2.20. The van der Waals surface area contributed by atoms with Crippen LogP contribution < -0.4 is 4.74 Å². The number of ether oxygens (including phenoxy) is 2. The number of rotatable bonds is 4. The summed E-state index contributed by atoms with van der Waals surface area (Å²) in [5, 5.41) is 8.77. The number of carbonyl (C=O) groups excluding carboxylic acids is 1. The fourth-order valence-electron chi connectivity index (χ4n) is 1.94. The fourth-order valence-corrected chi connectivity index (χ4v) is 1.94. The van der Waals surface area contributed by atoms with E-state index in [4.69, 9.17) is 14.6 Å². The summed E-state index contributed by atoms with van der Waals surface area (Å²) in [6.45, 7) is 1.49. The molecular formula is C15H17NO4. The summed E-state index contributed by atoms with van der Waals surface area (Å²) in [7, 11) is 1.60. The Morgan fingerprint density at radius 2 is 2.35 bits per heavy atom. The van der Waals surface area contributed by atoms with E-state index in [1.807, 2.05) is 18.2 Å². The molecule has 2 rings (SSSR count). The maximum atomic E-state index is 11.5. The van der Waals surface area contributed by atoms with E-state index in [1.54, 1.807) is 12.0 Å². The van der Waals surface area contributed by atoms with Crippen LogP contribution in [0, 0.1) is 11.8 Å². The van der Waals surface area contributed by atoms with Gasteiger partial charge in [0, 0.05) is 12.0 Å². The van der Waals surface area contributed by atoms with Crippen LogP contribution >= 0.6 is 0 Å². The molecule has 106 valence electrons. The summed E-state index contributed by atoms with van der Waals surface area (Å²) in [6, 6.07) is 5.56. The number of benzene rings is 1. The van der Waals surface area contributed by atoms with Crippen molar-refractivity contribution in [3.8, 4) is 17.6 Å². The monoisotopic (exact) mass is 275 g/mol. The number of cyclic esters (lactones) is 1. The lowest BCUT2D eigenvalue weighted by Gasteiger charge is -2.14. The van der Waals surface area contributed by atoms with Crippen molar-refractivity contribution in [1.29, 1.82) is 0 Å². The summed E-state index contributed by atoms with van der Waals surface area (Å²) >= 11 is 0. The molecule has 1 aliphatic heterocycles. The number of methoxy groups -OCH3 is 1. The van der Waals surface area contributed by atoms with E-state index in [0.29, 0.717) is 26.1 Å². The van der Waals surface area contributed by atoms with Crippen LogP contribution in [-0.2, 0) is 11.3 Å². The lowest BCUT2D eigenvalue weighted by Crippen LogP contribution is -2.24. The fraction of sp³-hybridized carbons (Fsp3) is 0.400. The summed E-state index contributed by atoms with van der Waals surface area (Å²) in [5.74, 6) is 6.62. The van der Waals surface area contributed by atoms with Crippen molar-refractivity contribution < 1.29 is 19.4 Å². The van der Waals surface area contributed by atoms with Gasteiger partial charge in [-0.2, -0.15) is 0 Å². The summed E-state index contributed by atoms with van der Waals surface area (Å²) < 4.78 is 10.1. The number of aliphatic hydroxyl groups excluding tert-OH is 1. The topological polar surface area (TPSA) is 59.0 Å². The van der Waals surface area contributed by atoms with E-state index in [1.165, 1.54) is 0 Å². The lowest BCUT2D eigenvalue weighted by molar-refractivity contribution is 0.157. The predicted octanol–water partition coefficient (Wildman–Crippen LogP) is 1.38. The standard InChI is InChI=1S/C15H17NO4/c1-19-14-6-5-12(4-2-3-8-17)13(10-14)11-16-7-9-20-15(16)18/h5-6,10,17H,3,7-9,11H2,1H3. The van der Waals surface area contributed by atoms with E-state index in [2.05, 4.69) is 11.8 Å². The number of carbonyl (C=O) groups is 1. The van der Waals surface area contributed by atoms with Gasteiger partial charge in [-0.05, 0) is 23.8 Å². The van der Waals surface area contributed by atoms with Gasteiger partial charge in [0.05, 0.1) is 26.8 Å². The van der Waals surface area contributed by atoms with Crippen LogP contribution in [0.2, 0.25) is 0 Å². The second kappa shape index (κ2) is 6.83. The van der Waals surface area contributed by atoms with Gasteiger partial charge < -0.3 is 19.5 Å². The number of aliphatic hydroxyl groups is 1. The van der Waals surface area contributed by atoms with Crippen molar-refractivity contribution >= 4 is 6.09 Å². The van der Waals surface area contributed by atoms with Crippen LogP contribution in [0.3, 0.4) is 0 Å². The average Bonchev–Trinajstić information content (AvgIpc) is 2.86. The van der Waals surface area contributed by atoms with Crippen LogP contribution in [0.15, 0.2) is 18.2 Å². The normalized spacial score (nSPS) is 13.7. The molecule has 0 atom stereocenters.